The van der Waals surface area contributed by atoms with Crippen LogP contribution in [0.4, 0.5) is 5.69 Å². The maximum atomic E-state index is 11.4. The highest BCUT2D eigenvalue weighted by Gasteiger charge is 2.18. The molecule has 3 rings (SSSR count). The van der Waals surface area contributed by atoms with E-state index in [-0.39, 0.29) is 5.97 Å². The Kier molecular flexibility index (Phi) is 2.72. The molecule has 1 aliphatic rings. The van der Waals surface area contributed by atoms with Crippen LogP contribution in [-0.4, -0.2) is 18.8 Å². The van der Waals surface area contributed by atoms with Crippen LogP contribution in [0, 0.1) is 0 Å². The monoisotopic (exact) mass is 257 g/mol. The number of methoxy groups -OCH3 is 1. The molecule has 0 aliphatic carbocycles. The molecule has 0 N–H and O–H groups in total. The number of hydrogen-bond acceptors (Lipinski definition) is 4. The first kappa shape index (κ1) is 11.2. The van der Waals surface area contributed by atoms with Crippen molar-refractivity contribution in [1.82, 2.24) is 0 Å². The molecule has 1 aromatic carbocycles. The van der Waals surface area contributed by atoms with Gasteiger partial charge < -0.3 is 4.74 Å². The van der Waals surface area contributed by atoms with Crippen molar-refractivity contribution < 1.29 is 9.53 Å². The third kappa shape index (κ3) is 1.84. The van der Waals surface area contributed by atoms with Gasteiger partial charge in [-0.3, -0.25) is 4.99 Å². The second kappa shape index (κ2) is 4.38. The van der Waals surface area contributed by atoms with Gasteiger partial charge in [0, 0.05) is 11.3 Å². The van der Waals surface area contributed by atoms with Crippen LogP contribution in [-0.2, 0) is 11.2 Å². The summed E-state index contributed by atoms with van der Waals surface area (Å²) in [5.74, 6) is -0.289. The van der Waals surface area contributed by atoms with Crippen molar-refractivity contribution in [3.63, 3.8) is 0 Å². The second-order valence-corrected chi connectivity index (χ2v) is 5.10. The van der Waals surface area contributed by atoms with Gasteiger partial charge in [-0.25, -0.2) is 4.79 Å². The normalized spacial score (nSPS) is 13.1. The third-order valence-corrected chi connectivity index (χ3v) is 4.00. The summed E-state index contributed by atoms with van der Waals surface area (Å²) in [7, 11) is 1.39. The lowest BCUT2D eigenvalue weighted by Gasteiger charge is -1.95. The summed E-state index contributed by atoms with van der Waals surface area (Å²) in [5.41, 5.74) is 3.29. The summed E-state index contributed by atoms with van der Waals surface area (Å²) >= 11 is 1.43. The van der Waals surface area contributed by atoms with Gasteiger partial charge in [0.1, 0.15) is 4.88 Å². The topological polar surface area (TPSA) is 38.7 Å². The molecule has 1 aromatic heterocycles. The van der Waals surface area contributed by atoms with Crippen molar-refractivity contribution in [3.05, 3.63) is 51.7 Å². The fourth-order valence-electron chi connectivity index (χ4n) is 1.98. The number of fused-ring (bicyclic) bond motifs is 1. The maximum absolute atomic E-state index is 11.4. The predicted octanol–water partition coefficient (Wildman–Crippen LogP) is 3.21. The van der Waals surface area contributed by atoms with Gasteiger partial charge in [0.15, 0.2) is 0 Å². The Balaban J connectivity index is 1.90. The molecule has 0 radical (unpaired) electrons. The third-order valence-electron chi connectivity index (χ3n) is 2.88. The molecule has 0 unspecified atom stereocenters. The highest BCUT2D eigenvalue weighted by molar-refractivity contribution is 7.16. The number of hydrogen-bond donors (Lipinski definition) is 0. The van der Waals surface area contributed by atoms with E-state index in [1.807, 2.05) is 24.3 Å². The van der Waals surface area contributed by atoms with E-state index in [0.29, 0.717) is 4.88 Å². The Labute approximate surface area is 109 Å². The van der Waals surface area contributed by atoms with Gasteiger partial charge in [-0.2, -0.15) is 0 Å². The van der Waals surface area contributed by atoms with Crippen LogP contribution in [0.25, 0.3) is 0 Å². The Bertz CT molecular complexity index is 643. The standard InChI is InChI=1S/C14H11NO2S/c1-17-14(16)13-7-6-12(18-13)11-8-9-4-2-3-5-10(9)15-11/h2-7H,8H2,1H3. The minimum absolute atomic E-state index is 0.289. The second-order valence-electron chi connectivity index (χ2n) is 4.02. The summed E-state index contributed by atoms with van der Waals surface area (Å²) in [6, 6.07) is 11.8. The van der Waals surface area contributed by atoms with Crippen LogP contribution in [0.15, 0.2) is 41.4 Å². The lowest BCUT2D eigenvalue weighted by molar-refractivity contribution is 0.0606. The number of ether oxygens (including phenoxy) is 1. The van der Waals surface area contributed by atoms with Crippen molar-refractivity contribution >= 4 is 28.7 Å². The Morgan fingerprint density at radius 3 is 2.89 bits per heavy atom. The molecule has 4 heteroatoms. The molecule has 0 amide bonds. The molecule has 2 heterocycles. The number of nitrogens with zero attached hydrogens (tertiary/aromatic N) is 1. The zero-order valence-corrected chi connectivity index (χ0v) is 10.7. The number of esters is 1. The smallest absolute Gasteiger partial charge is 0.348 e. The molecule has 0 saturated carbocycles. The summed E-state index contributed by atoms with van der Waals surface area (Å²) < 4.78 is 4.71. The van der Waals surface area contributed by atoms with Gasteiger partial charge in [0.25, 0.3) is 0 Å². The molecule has 0 atom stereocenters. The Hall–Kier alpha value is -1.94. The summed E-state index contributed by atoms with van der Waals surface area (Å²) in [6.45, 7) is 0. The molecule has 0 bridgehead atoms. The molecule has 0 spiro atoms. The van der Waals surface area contributed by atoms with E-state index >= 15 is 0 Å². The Morgan fingerprint density at radius 1 is 1.28 bits per heavy atom. The first-order valence-electron chi connectivity index (χ1n) is 5.62. The highest BCUT2D eigenvalue weighted by atomic mass is 32.1. The molecular weight excluding hydrogens is 246 g/mol. The van der Waals surface area contributed by atoms with Crippen molar-refractivity contribution in [1.29, 1.82) is 0 Å². The first-order chi connectivity index (χ1) is 8.78. The van der Waals surface area contributed by atoms with E-state index in [2.05, 4.69) is 11.1 Å². The molecular formula is C14H11NO2S. The number of thiophene rings is 1. The summed E-state index contributed by atoms with van der Waals surface area (Å²) in [4.78, 5) is 17.7. The number of rotatable bonds is 2. The molecule has 0 fully saturated rings. The summed E-state index contributed by atoms with van der Waals surface area (Å²) in [6.07, 6.45) is 0.831. The van der Waals surface area contributed by atoms with Crippen LogP contribution in [0.5, 0.6) is 0 Å². The molecule has 0 saturated heterocycles. The average molecular weight is 257 g/mol. The van der Waals surface area contributed by atoms with Gasteiger partial charge in [-0.05, 0) is 23.8 Å². The van der Waals surface area contributed by atoms with E-state index in [1.165, 1.54) is 24.0 Å². The average Bonchev–Trinajstić information content (AvgIpc) is 3.03. The van der Waals surface area contributed by atoms with Crippen LogP contribution >= 0.6 is 11.3 Å². The summed E-state index contributed by atoms with van der Waals surface area (Å²) in [5, 5.41) is 0. The number of aliphatic imine (C=N–C) groups is 1. The van der Waals surface area contributed by atoms with Gasteiger partial charge in [0.05, 0.1) is 18.5 Å². The van der Waals surface area contributed by atoms with E-state index in [9.17, 15) is 4.79 Å². The lowest BCUT2D eigenvalue weighted by Crippen LogP contribution is -1.98. The largest absolute Gasteiger partial charge is 0.465 e. The molecule has 90 valence electrons. The minimum atomic E-state index is -0.289. The van der Waals surface area contributed by atoms with Gasteiger partial charge in [-0.1, -0.05) is 18.2 Å². The lowest BCUT2D eigenvalue weighted by atomic mass is 10.1. The maximum Gasteiger partial charge on any atom is 0.348 e. The van der Waals surface area contributed by atoms with E-state index in [1.54, 1.807) is 6.07 Å². The molecule has 3 nitrogen and oxygen atoms in total. The van der Waals surface area contributed by atoms with Gasteiger partial charge in [-0.15, -0.1) is 11.3 Å². The zero-order valence-electron chi connectivity index (χ0n) is 9.84. The number of carbonyl (C=O) groups is 1. The van der Waals surface area contributed by atoms with Crippen LogP contribution in [0.3, 0.4) is 0 Å². The fourth-order valence-corrected chi connectivity index (χ4v) is 2.89. The fraction of sp³-hybridized carbons (Fsp3) is 0.143. The first-order valence-corrected chi connectivity index (χ1v) is 6.43. The quantitative estimate of drug-likeness (QED) is 0.775. The van der Waals surface area contributed by atoms with E-state index in [0.717, 1.165) is 22.7 Å². The van der Waals surface area contributed by atoms with Crippen LogP contribution in [0.2, 0.25) is 0 Å². The van der Waals surface area contributed by atoms with Gasteiger partial charge >= 0.3 is 5.97 Å². The predicted molar refractivity (Wildman–Crippen MR) is 72.0 cm³/mol. The number of carbonyl (C=O) groups excluding carboxylic acids is 1. The van der Waals surface area contributed by atoms with Crippen LogP contribution in [0.1, 0.15) is 20.1 Å². The zero-order chi connectivity index (χ0) is 12.5. The van der Waals surface area contributed by atoms with Crippen molar-refractivity contribution in [3.8, 4) is 0 Å². The van der Waals surface area contributed by atoms with Crippen LogP contribution < -0.4 is 0 Å². The molecule has 18 heavy (non-hydrogen) atoms. The van der Waals surface area contributed by atoms with Crippen molar-refractivity contribution in [2.45, 2.75) is 6.42 Å². The highest BCUT2D eigenvalue weighted by Crippen LogP contribution is 2.30. The molecule has 2 aromatic rings. The van der Waals surface area contributed by atoms with Crippen molar-refractivity contribution in [2.24, 2.45) is 4.99 Å². The van der Waals surface area contributed by atoms with Gasteiger partial charge in [0.2, 0.25) is 0 Å². The van der Waals surface area contributed by atoms with E-state index in [4.69, 9.17) is 4.74 Å². The minimum Gasteiger partial charge on any atom is -0.465 e. The van der Waals surface area contributed by atoms with Crippen molar-refractivity contribution in [2.75, 3.05) is 7.11 Å². The SMILES string of the molecule is COC(=O)c1ccc(C2=Nc3ccccc3C2)s1. The Morgan fingerprint density at radius 2 is 2.11 bits per heavy atom. The number of para-hydroxylation sites is 1. The van der Waals surface area contributed by atoms with E-state index < -0.39 is 0 Å². The molecule has 1 aliphatic heterocycles. The number of benzene rings is 1.